The molecule has 66 heavy (non-hydrogen) atoms. The predicted octanol–water partition coefficient (Wildman–Crippen LogP) is 18.3. The zero-order chi connectivity index (χ0) is 47.7. The molecule has 0 spiro atoms. The van der Waals surface area contributed by atoms with Gasteiger partial charge in [-0.1, -0.05) is 219 Å². The smallest absolute Gasteiger partial charge is 0.310 e. The van der Waals surface area contributed by atoms with Crippen molar-refractivity contribution in [2.45, 2.75) is 219 Å². The van der Waals surface area contributed by atoms with Gasteiger partial charge >= 0.3 is 11.9 Å². The molecule has 0 aromatic heterocycles. The molecule has 0 amide bonds. The number of hydrogen-bond acceptors (Lipinski definition) is 5. The second-order valence-corrected chi connectivity index (χ2v) is 17.0. The van der Waals surface area contributed by atoms with Gasteiger partial charge in [0, 0.05) is 13.0 Å². The van der Waals surface area contributed by atoms with Crippen LogP contribution in [0.25, 0.3) is 0 Å². The van der Waals surface area contributed by atoms with Crippen LogP contribution in [0.2, 0.25) is 0 Å². The quantitative estimate of drug-likeness (QED) is 0.0346. The molecule has 0 aliphatic carbocycles. The summed E-state index contributed by atoms with van der Waals surface area (Å²) < 4.78 is 17.3. The normalized spacial score (nSPS) is 13.3. The lowest BCUT2D eigenvalue weighted by Gasteiger charge is -2.18. The maximum Gasteiger partial charge on any atom is 0.310 e. The first-order valence-electron chi connectivity index (χ1n) is 26.7. The van der Waals surface area contributed by atoms with Gasteiger partial charge in [-0.2, -0.15) is 0 Å². The van der Waals surface area contributed by atoms with Crippen molar-refractivity contribution in [3.05, 3.63) is 134 Å². The average Bonchev–Trinajstić information content (AvgIpc) is 3.32. The van der Waals surface area contributed by atoms with Crippen molar-refractivity contribution in [3.8, 4) is 0 Å². The molecule has 0 aromatic carbocycles. The molecule has 0 aliphatic rings. The topological polar surface area (TPSA) is 61.8 Å². The van der Waals surface area contributed by atoms with Gasteiger partial charge in [0.25, 0.3) is 0 Å². The minimum atomic E-state index is -0.613. The van der Waals surface area contributed by atoms with Gasteiger partial charge < -0.3 is 14.2 Å². The highest BCUT2D eigenvalue weighted by Crippen LogP contribution is 2.12. The molecule has 0 radical (unpaired) electrons. The van der Waals surface area contributed by atoms with E-state index in [0.29, 0.717) is 13.0 Å². The summed E-state index contributed by atoms with van der Waals surface area (Å²) in [4.78, 5) is 25.4. The van der Waals surface area contributed by atoms with E-state index >= 15 is 0 Å². The molecule has 0 N–H and O–H groups in total. The van der Waals surface area contributed by atoms with E-state index in [0.717, 1.165) is 109 Å². The van der Waals surface area contributed by atoms with Gasteiger partial charge in [0.15, 0.2) is 6.10 Å². The Bertz CT molecular complexity index is 1400. The first-order chi connectivity index (χ1) is 32.6. The Kier molecular flexibility index (Phi) is 52.0. The molecule has 1 atom stereocenters. The molecule has 5 nitrogen and oxygen atoms in total. The standard InChI is InChI=1S/C61H98O5/c1-4-7-10-13-16-19-22-25-28-30-31-32-34-36-39-42-45-48-51-54-60(62)65-58-59(57-64-56-53-50-47-44-41-38-35-29-26-23-20-17-14-11-8-5-2)66-61(63)55-52-49-46-43-40-37-33-27-24-21-18-15-12-9-6-3/h8-9,11-12,16-21,25-29,31-33,40,43,49,52,59H,4-7,10,13-15,22-24,30,34-39,41-42,44-48,50-51,53-58H2,1-3H3/b11-8-,12-9-,19-16-,20-17-,21-18-,28-25-,29-26-,32-31-,33-27-,43-40-,52-49-. The van der Waals surface area contributed by atoms with E-state index in [4.69, 9.17) is 14.2 Å². The highest BCUT2D eigenvalue weighted by molar-refractivity contribution is 5.71. The number of hydrogen-bond donors (Lipinski definition) is 0. The molecule has 372 valence electrons. The van der Waals surface area contributed by atoms with Crippen molar-refractivity contribution >= 4 is 11.9 Å². The molecule has 0 bridgehead atoms. The van der Waals surface area contributed by atoms with Crippen molar-refractivity contribution in [2.75, 3.05) is 19.8 Å². The Morgan fingerprint density at radius 1 is 0.364 bits per heavy atom. The fraction of sp³-hybridized carbons (Fsp3) is 0.607. The first-order valence-corrected chi connectivity index (χ1v) is 26.7. The molecule has 5 heteroatoms. The Balaban J connectivity index is 4.45. The number of esters is 2. The van der Waals surface area contributed by atoms with Crippen LogP contribution in [0.15, 0.2) is 134 Å². The number of allylic oxidation sites excluding steroid dienone is 21. The highest BCUT2D eigenvalue weighted by Gasteiger charge is 2.17. The largest absolute Gasteiger partial charge is 0.462 e. The average molecular weight is 911 g/mol. The van der Waals surface area contributed by atoms with Gasteiger partial charge in [-0.15, -0.1) is 0 Å². The van der Waals surface area contributed by atoms with E-state index in [1.807, 2.05) is 12.2 Å². The van der Waals surface area contributed by atoms with Crippen LogP contribution in [-0.2, 0) is 23.8 Å². The molecule has 0 aliphatic heterocycles. The van der Waals surface area contributed by atoms with Crippen molar-refractivity contribution in [2.24, 2.45) is 0 Å². The third kappa shape index (κ3) is 52.7. The zero-order valence-electron chi connectivity index (χ0n) is 42.7. The van der Waals surface area contributed by atoms with Crippen LogP contribution in [0, 0.1) is 0 Å². The summed E-state index contributed by atoms with van der Waals surface area (Å²) in [6.45, 7) is 7.41. The monoisotopic (exact) mass is 911 g/mol. The molecule has 0 saturated heterocycles. The van der Waals surface area contributed by atoms with Gasteiger partial charge in [0.2, 0.25) is 0 Å². The van der Waals surface area contributed by atoms with E-state index in [1.54, 1.807) is 0 Å². The van der Waals surface area contributed by atoms with Crippen LogP contribution in [-0.4, -0.2) is 37.9 Å². The number of carbonyl (C=O) groups is 2. The molecular formula is C61H98O5. The van der Waals surface area contributed by atoms with Gasteiger partial charge in [-0.05, 0) is 116 Å². The number of rotatable bonds is 47. The molecule has 0 heterocycles. The maximum absolute atomic E-state index is 12.8. The molecule has 0 aromatic rings. The van der Waals surface area contributed by atoms with Crippen LogP contribution in [0.4, 0.5) is 0 Å². The Hall–Kier alpha value is -3.96. The zero-order valence-corrected chi connectivity index (χ0v) is 42.7. The lowest BCUT2D eigenvalue weighted by atomic mass is 10.1. The van der Waals surface area contributed by atoms with Crippen LogP contribution < -0.4 is 0 Å². The van der Waals surface area contributed by atoms with Crippen LogP contribution in [0.1, 0.15) is 213 Å². The Labute approximate surface area is 407 Å². The summed E-state index contributed by atoms with van der Waals surface area (Å²) >= 11 is 0. The molecule has 0 saturated carbocycles. The van der Waals surface area contributed by atoms with E-state index in [1.165, 1.54) is 70.6 Å². The van der Waals surface area contributed by atoms with E-state index < -0.39 is 6.10 Å². The van der Waals surface area contributed by atoms with Crippen LogP contribution in [0.5, 0.6) is 0 Å². The number of ether oxygens (including phenoxy) is 3. The van der Waals surface area contributed by atoms with E-state index in [-0.39, 0.29) is 31.6 Å². The Morgan fingerprint density at radius 3 is 1.17 bits per heavy atom. The lowest BCUT2D eigenvalue weighted by Crippen LogP contribution is -2.29. The third-order valence-corrected chi connectivity index (χ3v) is 10.7. The van der Waals surface area contributed by atoms with Crippen molar-refractivity contribution in [3.63, 3.8) is 0 Å². The highest BCUT2D eigenvalue weighted by atomic mass is 16.6. The molecule has 0 fully saturated rings. The van der Waals surface area contributed by atoms with Crippen molar-refractivity contribution in [1.29, 1.82) is 0 Å². The summed E-state index contributed by atoms with van der Waals surface area (Å²) in [7, 11) is 0. The number of carbonyl (C=O) groups excluding carboxylic acids is 2. The molecule has 1 unspecified atom stereocenters. The summed E-state index contributed by atoms with van der Waals surface area (Å²) in [5.74, 6) is -0.574. The van der Waals surface area contributed by atoms with Gasteiger partial charge in [0.05, 0.1) is 13.0 Å². The van der Waals surface area contributed by atoms with Gasteiger partial charge in [0.1, 0.15) is 6.61 Å². The van der Waals surface area contributed by atoms with Gasteiger partial charge in [-0.25, -0.2) is 0 Å². The first kappa shape index (κ1) is 62.0. The lowest BCUT2D eigenvalue weighted by molar-refractivity contribution is -0.162. The van der Waals surface area contributed by atoms with Crippen LogP contribution in [0.3, 0.4) is 0 Å². The predicted molar refractivity (Wildman–Crippen MR) is 288 cm³/mol. The molecular weight excluding hydrogens is 813 g/mol. The van der Waals surface area contributed by atoms with Gasteiger partial charge in [-0.3, -0.25) is 9.59 Å². The third-order valence-electron chi connectivity index (χ3n) is 10.7. The van der Waals surface area contributed by atoms with Crippen molar-refractivity contribution in [1.82, 2.24) is 0 Å². The Morgan fingerprint density at radius 2 is 0.727 bits per heavy atom. The summed E-state index contributed by atoms with van der Waals surface area (Å²) in [5, 5.41) is 0. The summed E-state index contributed by atoms with van der Waals surface area (Å²) in [6.07, 6.45) is 79.1. The summed E-state index contributed by atoms with van der Waals surface area (Å²) in [5.41, 5.74) is 0. The second kappa shape index (κ2) is 55.4. The summed E-state index contributed by atoms with van der Waals surface area (Å²) in [6, 6.07) is 0. The SMILES string of the molecule is CC/C=C\C/C=C\C/C=C\C/C=C\C/C=C\CC(=O)OC(COCCCCCCCC/C=C\C/C=C\C/C=C\CC)COC(=O)CCCCCCCC/C=C\C/C=C\C/C=C\CCCCC. The fourth-order valence-electron chi connectivity index (χ4n) is 6.78. The second-order valence-electron chi connectivity index (χ2n) is 17.0. The van der Waals surface area contributed by atoms with Crippen LogP contribution >= 0.6 is 0 Å². The fourth-order valence-corrected chi connectivity index (χ4v) is 6.78. The number of unbranched alkanes of at least 4 members (excludes halogenated alkanes) is 15. The minimum Gasteiger partial charge on any atom is -0.462 e. The van der Waals surface area contributed by atoms with E-state index in [9.17, 15) is 9.59 Å². The minimum absolute atomic E-state index is 0.0246. The van der Waals surface area contributed by atoms with Crippen molar-refractivity contribution < 1.29 is 23.8 Å². The maximum atomic E-state index is 12.8. The molecule has 0 rings (SSSR count). The van der Waals surface area contributed by atoms with E-state index in [2.05, 4.69) is 142 Å².